The summed E-state index contributed by atoms with van der Waals surface area (Å²) in [5.74, 6) is 2.49. The largest absolute Gasteiger partial charge is 0.100 e. The SMILES string of the molecule is C=C(C)CC(CCC(C)C)C(C)C. The summed E-state index contributed by atoms with van der Waals surface area (Å²) in [6.07, 6.45) is 3.93. The van der Waals surface area contributed by atoms with Crippen LogP contribution in [0.3, 0.4) is 0 Å². The van der Waals surface area contributed by atoms with Crippen molar-refractivity contribution in [2.45, 2.75) is 53.9 Å². The van der Waals surface area contributed by atoms with Crippen molar-refractivity contribution in [2.24, 2.45) is 17.8 Å². The number of allylic oxidation sites excluding steroid dienone is 1. The van der Waals surface area contributed by atoms with Gasteiger partial charge in [-0.1, -0.05) is 39.7 Å². The van der Waals surface area contributed by atoms with Crippen molar-refractivity contribution in [3.63, 3.8) is 0 Å². The van der Waals surface area contributed by atoms with Crippen molar-refractivity contribution in [1.82, 2.24) is 0 Å². The van der Waals surface area contributed by atoms with Gasteiger partial charge in [0.2, 0.25) is 0 Å². The molecule has 0 aliphatic heterocycles. The van der Waals surface area contributed by atoms with Gasteiger partial charge >= 0.3 is 0 Å². The Balaban J connectivity index is 3.88. The normalized spacial score (nSPS) is 13.8. The zero-order valence-corrected chi connectivity index (χ0v) is 10.1. The molecule has 0 N–H and O–H groups in total. The summed E-state index contributed by atoms with van der Waals surface area (Å²) in [6, 6.07) is 0. The van der Waals surface area contributed by atoms with Gasteiger partial charge in [-0.3, -0.25) is 0 Å². The summed E-state index contributed by atoms with van der Waals surface area (Å²) >= 11 is 0. The molecular weight excluding hydrogens is 156 g/mol. The lowest BCUT2D eigenvalue weighted by Crippen LogP contribution is -2.10. The number of hydrogen-bond acceptors (Lipinski definition) is 0. The molecule has 0 bridgehead atoms. The smallest absolute Gasteiger partial charge is 0.0295 e. The Labute approximate surface area is 84.4 Å². The lowest BCUT2D eigenvalue weighted by Gasteiger charge is -2.21. The minimum absolute atomic E-state index is 0.801. The highest BCUT2D eigenvalue weighted by Crippen LogP contribution is 2.25. The Bertz CT molecular complexity index is 142. The first-order chi connectivity index (χ1) is 5.93. The standard InChI is InChI=1S/C13H26/c1-10(2)7-8-13(12(5)6)9-11(3)4/h10,12-13H,3,7-9H2,1-2,4-6H3. The minimum Gasteiger partial charge on any atom is -0.100 e. The van der Waals surface area contributed by atoms with Crippen LogP contribution in [0.4, 0.5) is 0 Å². The molecule has 0 saturated carbocycles. The topological polar surface area (TPSA) is 0 Å². The monoisotopic (exact) mass is 182 g/mol. The van der Waals surface area contributed by atoms with Gasteiger partial charge in [0.1, 0.15) is 0 Å². The van der Waals surface area contributed by atoms with E-state index in [1.54, 1.807) is 0 Å². The third-order valence-corrected chi connectivity index (χ3v) is 2.67. The Kier molecular flexibility index (Phi) is 6.11. The van der Waals surface area contributed by atoms with E-state index in [0.29, 0.717) is 0 Å². The lowest BCUT2D eigenvalue weighted by molar-refractivity contribution is 0.329. The van der Waals surface area contributed by atoms with E-state index in [0.717, 1.165) is 17.8 Å². The van der Waals surface area contributed by atoms with E-state index in [-0.39, 0.29) is 0 Å². The molecule has 0 heteroatoms. The summed E-state index contributed by atoms with van der Waals surface area (Å²) in [5.41, 5.74) is 1.34. The molecule has 0 aromatic carbocycles. The van der Waals surface area contributed by atoms with Crippen molar-refractivity contribution >= 4 is 0 Å². The van der Waals surface area contributed by atoms with Crippen LogP contribution < -0.4 is 0 Å². The van der Waals surface area contributed by atoms with Gasteiger partial charge in [0.25, 0.3) is 0 Å². The molecule has 1 unspecified atom stereocenters. The van der Waals surface area contributed by atoms with Gasteiger partial charge < -0.3 is 0 Å². The van der Waals surface area contributed by atoms with Crippen LogP contribution in [0.5, 0.6) is 0 Å². The molecule has 0 aromatic rings. The van der Waals surface area contributed by atoms with Crippen LogP contribution in [0.1, 0.15) is 53.9 Å². The molecule has 0 aliphatic carbocycles. The second-order valence-electron chi connectivity index (χ2n) is 5.14. The molecule has 0 aromatic heterocycles. The van der Waals surface area contributed by atoms with Gasteiger partial charge in [0.15, 0.2) is 0 Å². The zero-order valence-electron chi connectivity index (χ0n) is 10.1. The van der Waals surface area contributed by atoms with E-state index in [1.165, 1.54) is 24.8 Å². The Morgan fingerprint density at radius 1 is 1.08 bits per heavy atom. The van der Waals surface area contributed by atoms with Crippen LogP contribution in [0, 0.1) is 17.8 Å². The van der Waals surface area contributed by atoms with Gasteiger partial charge in [-0.25, -0.2) is 0 Å². The highest BCUT2D eigenvalue weighted by atomic mass is 14.2. The van der Waals surface area contributed by atoms with E-state index >= 15 is 0 Å². The minimum atomic E-state index is 0.801. The molecule has 0 aliphatic rings. The van der Waals surface area contributed by atoms with Crippen LogP contribution in [0.2, 0.25) is 0 Å². The number of hydrogen-bond donors (Lipinski definition) is 0. The maximum absolute atomic E-state index is 4.00. The Morgan fingerprint density at radius 3 is 1.92 bits per heavy atom. The molecule has 13 heavy (non-hydrogen) atoms. The fourth-order valence-electron chi connectivity index (χ4n) is 1.67. The first kappa shape index (κ1) is 12.7. The molecule has 0 saturated heterocycles. The third kappa shape index (κ3) is 6.86. The maximum Gasteiger partial charge on any atom is -0.0295 e. The van der Waals surface area contributed by atoms with E-state index in [4.69, 9.17) is 0 Å². The molecular formula is C13H26. The maximum atomic E-state index is 4.00. The molecule has 0 spiro atoms. The predicted molar refractivity (Wildman–Crippen MR) is 61.8 cm³/mol. The first-order valence-corrected chi connectivity index (χ1v) is 5.57. The second kappa shape index (κ2) is 6.23. The van der Waals surface area contributed by atoms with Gasteiger partial charge in [0.05, 0.1) is 0 Å². The van der Waals surface area contributed by atoms with E-state index in [2.05, 4.69) is 41.2 Å². The van der Waals surface area contributed by atoms with Gasteiger partial charge in [-0.15, -0.1) is 6.58 Å². The van der Waals surface area contributed by atoms with Gasteiger partial charge in [-0.2, -0.15) is 0 Å². The molecule has 0 amide bonds. The molecule has 0 radical (unpaired) electrons. The van der Waals surface area contributed by atoms with Gasteiger partial charge in [0, 0.05) is 0 Å². The van der Waals surface area contributed by atoms with Crippen LogP contribution in [0.15, 0.2) is 12.2 Å². The van der Waals surface area contributed by atoms with Gasteiger partial charge in [-0.05, 0) is 37.5 Å². The third-order valence-electron chi connectivity index (χ3n) is 2.67. The average Bonchev–Trinajstić information content (AvgIpc) is 1.96. The van der Waals surface area contributed by atoms with E-state index in [9.17, 15) is 0 Å². The average molecular weight is 182 g/mol. The quantitative estimate of drug-likeness (QED) is 0.524. The first-order valence-electron chi connectivity index (χ1n) is 5.57. The predicted octanol–water partition coefficient (Wildman–Crippen LogP) is 4.66. The van der Waals surface area contributed by atoms with Crippen LogP contribution >= 0.6 is 0 Å². The highest BCUT2D eigenvalue weighted by Gasteiger charge is 2.13. The molecule has 78 valence electrons. The van der Waals surface area contributed by atoms with Crippen molar-refractivity contribution in [3.8, 4) is 0 Å². The van der Waals surface area contributed by atoms with Crippen LogP contribution in [-0.2, 0) is 0 Å². The fourth-order valence-corrected chi connectivity index (χ4v) is 1.67. The molecule has 1 atom stereocenters. The van der Waals surface area contributed by atoms with Crippen molar-refractivity contribution in [1.29, 1.82) is 0 Å². The molecule has 0 nitrogen and oxygen atoms in total. The molecule has 0 fully saturated rings. The summed E-state index contributed by atoms with van der Waals surface area (Å²) in [6.45, 7) is 15.4. The molecule has 0 rings (SSSR count). The highest BCUT2D eigenvalue weighted by molar-refractivity contribution is 4.91. The van der Waals surface area contributed by atoms with Crippen molar-refractivity contribution < 1.29 is 0 Å². The van der Waals surface area contributed by atoms with E-state index < -0.39 is 0 Å². The summed E-state index contributed by atoms with van der Waals surface area (Å²) in [5, 5.41) is 0. The van der Waals surface area contributed by atoms with Crippen LogP contribution in [0.25, 0.3) is 0 Å². The summed E-state index contributed by atoms with van der Waals surface area (Å²) in [4.78, 5) is 0. The summed E-state index contributed by atoms with van der Waals surface area (Å²) in [7, 11) is 0. The van der Waals surface area contributed by atoms with Crippen LogP contribution in [-0.4, -0.2) is 0 Å². The van der Waals surface area contributed by atoms with Crippen molar-refractivity contribution in [3.05, 3.63) is 12.2 Å². The second-order valence-corrected chi connectivity index (χ2v) is 5.14. The molecule has 0 heterocycles. The zero-order chi connectivity index (χ0) is 10.4. The Morgan fingerprint density at radius 2 is 1.62 bits per heavy atom. The van der Waals surface area contributed by atoms with E-state index in [1.807, 2.05) is 0 Å². The Hall–Kier alpha value is -0.260. The summed E-state index contributed by atoms with van der Waals surface area (Å²) < 4.78 is 0. The van der Waals surface area contributed by atoms with Crippen molar-refractivity contribution in [2.75, 3.05) is 0 Å². The number of rotatable bonds is 6. The fraction of sp³-hybridized carbons (Fsp3) is 0.846. The lowest BCUT2D eigenvalue weighted by atomic mass is 9.84.